The molecule has 0 bridgehead atoms. The summed E-state index contributed by atoms with van der Waals surface area (Å²) in [5.74, 6) is -1.20. The van der Waals surface area contributed by atoms with Gasteiger partial charge in [0.25, 0.3) is 5.91 Å². The SMILES string of the molecule is CCOC(=O)c1sc(NC(=O)C(C)Sc2nnc(NC(=O)c3cc(OC)cc(OC)c3)s2)c(C(=O)OCC)c1C. The van der Waals surface area contributed by atoms with Crippen molar-refractivity contribution in [3.05, 3.63) is 39.8 Å². The Morgan fingerprint density at radius 2 is 1.55 bits per heavy atom. The first-order valence-electron chi connectivity index (χ1n) is 11.9. The van der Waals surface area contributed by atoms with Crippen LogP contribution in [0.5, 0.6) is 11.5 Å². The van der Waals surface area contributed by atoms with Gasteiger partial charge in [-0.25, -0.2) is 9.59 Å². The Labute approximate surface area is 242 Å². The minimum atomic E-state index is -0.664. The Balaban J connectivity index is 1.70. The number of nitrogens with one attached hydrogen (secondary N) is 2. The van der Waals surface area contributed by atoms with Gasteiger partial charge in [0.15, 0.2) is 4.34 Å². The molecule has 2 heterocycles. The van der Waals surface area contributed by atoms with Gasteiger partial charge in [-0.05, 0) is 45.4 Å². The number of ether oxygens (including phenoxy) is 4. The lowest BCUT2D eigenvalue weighted by Crippen LogP contribution is -2.23. The number of carbonyl (C=O) groups is 4. The molecule has 1 atom stereocenters. The van der Waals surface area contributed by atoms with Crippen LogP contribution in [0.4, 0.5) is 10.1 Å². The van der Waals surface area contributed by atoms with Crippen LogP contribution in [-0.2, 0) is 14.3 Å². The predicted octanol–water partition coefficient (Wildman–Crippen LogP) is 4.65. The normalized spacial score (nSPS) is 11.3. The zero-order valence-corrected chi connectivity index (χ0v) is 25.1. The van der Waals surface area contributed by atoms with Crippen molar-refractivity contribution in [2.24, 2.45) is 0 Å². The standard InChI is InChI=1S/C25H28N4O8S3/c1-7-36-22(32)17-12(3)18(23(33)37-8-2)39-21(17)26-19(30)13(4)38-25-29-28-24(40-25)27-20(31)14-9-15(34-5)11-16(10-14)35-6/h9-11,13H,7-8H2,1-6H3,(H,26,30)(H,27,28,31). The van der Waals surface area contributed by atoms with Crippen LogP contribution in [0.1, 0.15) is 56.7 Å². The maximum Gasteiger partial charge on any atom is 0.348 e. The van der Waals surface area contributed by atoms with Gasteiger partial charge < -0.3 is 24.3 Å². The average Bonchev–Trinajstić information content (AvgIpc) is 3.51. The van der Waals surface area contributed by atoms with E-state index in [4.69, 9.17) is 18.9 Å². The minimum Gasteiger partial charge on any atom is -0.497 e. The fraction of sp³-hybridized carbons (Fsp3) is 0.360. The number of methoxy groups -OCH3 is 2. The Morgan fingerprint density at radius 1 is 0.925 bits per heavy atom. The molecule has 0 radical (unpaired) electrons. The number of amides is 2. The number of nitrogens with zero attached hydrogens (tertiary/aromatic N) is 2. The summed E-state index contributed by atoms with van der Waals surface area (Å²) in [7, 11) is 2.97. The second-order valence-corrected chi connectivity index (χ2v) is 11.5. The molecule has 15 heteroatoms. The number of hydrogen-bond donors (Lipinski definition) is 2. The van der Waals surface area contributed by atoms with Crippen molar-refractivity contribution in [2.75, 3.05) is 38.1 Å². The number of benzene rings is 1. The number of esters is 2. The maximum atomic E-state index is 13.0. The highest BCUT2D eigenvalue weighted by molar-refractivity contribution is 8.02. The summed E-state index contributed by atoms with van der Waals surface area (Å²) in [4.78, 5) is 50.9. The molecule has 2 amide bonds. The van der Waals surface area contributed by atoms with Crippen LogP contribution in [0.3, 0.4) is 0 Å². The lowest BCUT2D eigenvalue weighted by molar-refractivity contribution is -0.115. The molecule has 12 nitrogen and oxygen atoms in total. The lowest BCUT2D eigenvalue weighted by atomic mass is 10.1. The maximum absolute atomic E-state index is 13.0. The van der Waals surface area contributed by atoms with E-state index in [1.165, 1.54) is 14.2 Å². The third-order valence-electron chi connectivity index (χ3n) is 5.21. The summed E-state index contributed by atoms with van der Waals surface area (Å²) in [6, 6.07) is 4.77. The molecule has 3 aromatic rings. The summed E-state index contributed by atoms with van der Waals surface area (Å²) in [6.07, 6.45) is 0. The van der Waals surface area contributed by atoms with Crippen LogP contribution >= 0.6 is 34.4 Å². The third kappa shape index (κ3) is 7.49. The smallest absolute Gasteiger partial charge is 0.348 e. The van der Waals surface area contributed by atoms with Crippen LogP contribution in [0.25, 0.3) is 0 Å². The van der Waals surface area contributed by atoms with E-state index in [-0.39, 0.29) is 33.8 Å². The minimum absolute atomic E-state index is 0.107. The number of anilines is 2. The fourth-order valence-electron chi connectivity index (χ4n) is 3.28. The Kier molecular flexibility index (Phi) is 10.9. The van der Waals surface area contributed by atoms with E-state index in [1.54, 1.807) is 45.9 Å². The van der Waals surface area contributed by atoms with E-state index in [9.17, 15) is 19.2 Å². The second kappa shape index (κ2) is 14.1. The molecule has 2 aromatic heterocycles. The monoisotopic (exact) mass is 608 g/mol. The largest absolute Gasteiger partial charge is 0.497 e. The molecule has 0 fully saturated rings. The molecular formula is C25H28N4O8S3. The molecule has 1 unspecified atom stereocenters. The number of thiophene rings is 1. The van der Waals surface area contributed by atoms with Gasteiger partial charge in [-0.3, -0.25) is 14.9 Å². The lowest BCUT2D eigenvalue weighted by Gasteiger charge is -2.10. The number of thioether (sulfide) groups is 1. The fourth-order valence-corrected chi connectivity index (χ4v) is 6.26. The molecule has 214 valence electrons. The molecule has 3 rings (SSSR count). The van der Waals surface area contributed by atoms with Gasteiger partial charge in [-0.1, -0.05) is 23.1 Å². The van der Waals surface area contributed by atoms with E-state index >= 15 is 0 Å². The van der Waals surface area contributed by atoms with Gasteiger partial charge in [0.1, 0.15) is 21.4 Å². The number of rotatable bonds is 12. The van der Waals surface area contributed by atoms with Crippen LogP contribution in [0.2, 0.25) is 0 Å². The quantitative estimate of drug-likeness (QED) is 0.168. The molecule has 0 aliphatic carbocycles. The summed E-state index contributed by atoms with van der Waals surface area (Å²) < 4.78 is 21.0. The van der Waals surface area contributed by atoms with E-state index in [1.807, 2.05) is 0 Å². The van der Waals surface area contributed by atoms with E-state index in [0.717, 1.165) is 34.4 Å². The topological polar surface area (TPSA) is 155 Å². The molecule has 1 aromatic carbocycles. The van der Waals surface area contributed by atoms with Crippen molar-refractivity contribution in [3.63, 3.8) is 0 Å². The highest BCUT2D eigenvalue weighted by atomic mass is 32.2. The zero-order valence-electron chi connectivity index (χ0n) is 22.6. The van der Waals surface area contributed by atoms with Crippen molar-refractivity contribution in [3.8, 4) is 11.5 Å². The van der Waals surface area contributed by atoms with Crippen molar-refractivity contribution < 1.29 is 38.1 Å². The summed E-state index contributed by atoms with van der Waals surface area (Å²) >= 11 is 3.15. The third-order valence-corrected chi connectivity index (χ3v) is 8.42. The summed E-state index contributed by atoms with van der Waals surface area (Å²) in [5.41, 5.74) is 0.783. The molecule has 40 heavy (non-hydrogen) atoms. The van der Waals surface area contributed by atoms with Crippen molar-refractivity contribution in [1.29, 1.82) is 0 Å². The van der Waals surface area contributed by atoms with Crippen molar-refractivity contribution in [2.45, 2.75) is 37.3 Å². The second-order valence-electron chi connectivity index (χ2n) is 7.88. The molecule has 0 saturated heterocycles. The van der Waals surface area contributed by atoms with Crippen LogP contribution in [0.15, 0.2) is 22.5 Å². The van der Waals surface area contributed by atoms with Gasteiger partial charge in [0.2, 0.25) is 11.0 Å². The summed E-state index contributed by atoms with van der Waals surface area (Å²) in [5, 5.41) is 13.2. The zero-order chi connectivity index (χ0) is 29.4. The Morgan fingerprint density at radius 3 is 2.15 bits per heavy atom. The number of hydrogen-bond acceptors (Lipinski definition) is 13. The molecule has 0 saturated carbocycles. The predicted molar refractivity (Wildman–Crippen MR) is 152 cm³/mol. The highest BCUT2D eigenvalue weighted by Gasteiger charge is 2.28. The van der Waals surface area contributed by atoms with Crippen LogP contribution in [-0.4, -0.2) is 66.6 Å². The summed E-state index contributed by atoms with van der Waals surface area (Å²) in [6.45, 7) is 6.88. The van der Waals surface area contributed by atoms with Gasteiger partial charge in [0, 0.05) is 11.6 Å². The van der Waals surface area contributed by atoms with Gasteiger partial charge in [0.05, 0.1) is 38.2 Å². The van der Waals surface area contributed by atoms with Crippen molar-refractivity contribution in [1.82, 2.24) is 10.2 Å². The first kappa shape index (κ1) is 30.8. The van der Waals surface area contributed by atoms with E-state index < -0.39 is 29.0 Å². The van der Waals surface area contributed by atoms with Crippen molar-refractivity contribution >= 4 is 68.3 Å². The number of carbonyl (C=O) groups excluding carboxylic acids is 4. The average molecular weight is 609 g/mol. The van der Waals surface area contributed by atoms with E-state index in [0.29, 0.717) is 27.0 Å². The first-order valence-corrected chi connectivity index (χ1v) is 14.5. The Hall–Kier alpha value is -3.69. The van der Waals surface area contributed by atoms with Gasteiger partial charge in [-0.15, -0.1) is 21.5 Å². The van der Waals surface area contributed by atoms with Crippen LogP contribution in [0, 0.1) is 6.92 Å². The molecule has 0 aliphatic heterocycles. The Bertz CT molecular complexity index is 1380. The first-order chi connectivity index (χ1) is 19.1. The number of aromatic nitrogens is 2. The molecular weight excluding hydrogens is 580 g/mol. The van der Waals surface area contributed by atoms with Gasteiger partial charge in [-0.2, -0.15) is 0 Å². The molecule has 2 N–H and O–H groups in total. The highest BCUT2D eigenvalue weighted by Crippen LogP contribution is 2.36. The van der Waals surface area contributed by atoms with Gasteiger partial charge >= 0.3 is 11.9 Å². The van der Waals surface area contributed by atoms with E-state index in [2.05, 4.69) is 20.8 Å². The molecule has 0 aliphatic rings. The molecule has 0 spiro atoms. The van der Waals surface area contributed by atoms with Crippen LogP contribution < -0.4 is 20.1 Å².